The Morgan fingerprint density at radius 3 is 2.67 bits per heavy atom. The zero-order chi connectivity index (χ0) is 15.5. The molecule has 0 spiro atoms. The van der Waals surface area contributed by atoms with Crippen LogP contribution in [-0.2, 0) is 10.0 Å². The Morgan fingerprint density at radius 1 is 1.29 bits per heavy atom. The molecule has 1 fully saturated rings. The molecular formula is C13H18N2O5S. The van der Waals surface area contributed by atoms with Crippen molar-refractivity contribution in [3.05, 3.63) is 34.4 Å². The molecule has 0 bridgehead atoms. The second kappa shape index (κ2) is 6.50. The van der Waals surface area contributed by atoms with Gasteiger partial charge in [-0.15, -0.1) is 0 Å². The molecule has 0 radical (unpaired) electrons. The Morgan fingerprint density at radius 2 is 2.00 bits per heavy atom. The first-order chi connectivity index (χ1) is 9.98. The van der Waals surface area contributed by atoms with E-state index in [4.69, 9.17) is 0 Å². The molecule has 1 aliphatic heterocycles. The van der Waals surface area contributed by atoms with Crippen molar-refractivity contribution in [3.63, 3.8) is 0 Å². The monoisotopic (exact) mass is 314 g/mol. The van der Waals surface area contributed by atoms with Gasteiger partial charge in [-0.25, -0.2) is 8.42 Å². The molecule has 7 nitrogen and oxygen atoms in total. The van der Waals surface area contributed by atoms with Crippen molar-refractivity contribution in [1.82, 2.24) is 4.31 Å². The molecule has 1 saturated heterocycles. The average Bonchev–Trinajstić information content (AvgIpc) is 2.72. The van der Waals surface area contributed by atoms with Crippen molar-refractivity contribution in [2.45, 2.75) is 36.6 Å². The van der Waals surface area contributed by atoms with E-state index in [2.05, 4.69) is 0 Å². The normalized spacial score (nSPS) is 20.9. The van der Waals surface area contributed by atoms with Crippen LogP contribution in [0.2, 0.25) is 0 Å². The quantitative estimate of drug-likeness (QED) is 0.670. The molecule has 21 heavy (non-hydrogen) atoms. The SMILES string of the molecule is O=[N+]([O-])c1ccccc1S(=O)(=O)N1CCCCCC1CO. The Bertz CT molecular complexity index is 617. The van der Waals surface area contributed by atoms with E-state index in [0.29, 0.717) is 12.8 Å². The highest BCUT2D eigenvalue weighted by atomic mass is 32.2. The van der Waals surface area contributed by atoms with Gasteiger partial charge in [-0.05, 0) is 18.9 Å². The highest BCUT2D eigenvalue weighted by molar-refractivity contribution is 7.89. The summed E-state index contributed by atoms with van der Waals surface area (Å²) in [7, 11) is -3.99. The summed E-state index contributed by atoms with van der Waals surface area (Å²) >= 11 is 0. The van der Waals surface area contributed by atoms with Gasteiger partial charge in [0.1, 0.15) is 0 Å². The van der Waals surface area contributed by atoms with Crippen molar-refractivity contribution in [2.24, 2.45) is 0 Å². The molecule has 1 aromatic rings. The fourth-order valence-corrected chi connectivity index (χ4v) is 4.45. The summed E-state index contributed by atoms with van der Waals surface area (Å²) in [5, 5.41) is 20.5. The minimum Gasteiger partial charge on any atom is -0.395 e. The molecule has 0 saturated carbocycles. The molecule has 0 aliphatic carbocycles. The third-order valence-corrected chi connectivity index (χ3v) is 5.68. The molecule has 1 atom stereocenters. The maximum atomic E-state index is 12.7. The van der Waals surface area contributed by atoms with Crippen LogP contribution in [-0.4, -0.2) is 41.9 Å². The number of nitro groups is 1. The van der Waals surface area contributed by atoms with E-state index in [1.807, 2.05) is 0 Å². The second-order valence-electron chi connectivity index (χ2n) is 5.03. The summed E-state index contributed by atoms with van der Waals surface area (Å²) in [5.74, 6) is 0. The second-order valence-corrected chi connectivity index (χ2v) is 6.89. The minimum atomic E-state index is -3.99. The molecule has 1 aliphatic rings. The van der Waals surface area contributed by atoms with Crippen LogP contribution in [0.25, 0.3) is 0 Å². The summed E-state index contributed by atoms with van der Waals surface area (Å²) in [5.41, 5.74) is -0.432. The number of nitro benzene ring substituents is 1. The lowest BCUT2D eigenvalue weighted by molar-refractivity contribution is -0.387. The average molecular weight is 314 g/mol. The highest BCUT2D eigenvalue weighted by Crippen LogP contribution is 2.30. The van der Waals surface area contributed by atoms with Crippen LogP contribution in [0.3, 0.4) is 0 Å². The number of nitrogens with zero attached hydrogens (tertiary/aromatic N) is 2. The van der Waals surface area contributed by atoms with E-state index in [-0.39, 0.29) is 18.0 Å². The fraction of sp³-hybridized carbons (Fsp3) is 0.538. The first-order valence-corrected chi connectivity index (χ1v) is 8.28. The lowest BCUT2D eigenvalue weighted by Crippen LogP contribution is -2.42. The number of benzene rings is 1. The molecular weight excluding hydrogens is 296 g/mol. The number of para-hydroxylation sites is 1. The van der Waals surface area contributed by atoms with Crippen LogP contribution in [0.5, 0.6) is 0 Å². The molecule has 1 heterocycles. The molecule has 116 valence electrons. The van der Waals surface area contributed by atoms with E-state index in [0.717, 1.165) is 12.8 Å². The van der Waals surface area contributed by atoms with Crippen LogP contribution in [0, 0.1) is 10.1 Å². The number of rotatable bonds is 4. The van der Waals surface area contributed by atoms with E-state index in [1.54, 1.807) is 0 Å². The highest BCUT2D eigenvalue weighted by Gasteiger charge is 2.36. The Balaban J connectivity index is 2.47. The largest absolute Gasteiger partial charge is 0.395 e. The number of hydrogen-bond donors (Lipinski definition) is 1. The van der Waals surface area contributed by atoms with Gasteiger partial charge in [-0.2, -0.15) is 4.31 Å². The van der Waals surface area contributed by atoms with Gasteiger partial charge in [-0.1, -0.05) is 25.0 Å². The summed E-state index contributed by atoms with van der Waals surface area (Å²) < 4.78 is 26.7. The van der Waals surface area contributed by atoms with E-state index >= 15 is 0 Å². The maximum Gasteiger partial charge on any atom is 0.289 e. The van der Waals surface area contributed by atoms with Crippen LogP contribution in [0.1, 0.15) is 25.7 Å². The lowest BCUT2D eigenvalue weighted by Gasteiger charge is -2.27. The van der Waals surface area contributed by atoms with E-state index in [1.165, 1.54) is 28.6 Å². The molecule has 1 unspecified atom stereocenters. The van der Waals surface area contributed by atoms with Crippen molar-refractivity contribution < 1.29 is 18.4 Å². The standard InChI is InChI=1S/C13H18N2O5S/c16-10-11-6-2-1-5-9-14(11)21(19,20)13-8-4-3-7-12(13)15(17)18/h3-4,7-8,11,16H,1-2,5-6,9-10H2. The molecule has 0 aromatic heterocycles. The third kappa shape index (κ3) is 3.22. The summed E-state index contributed by atoms with van der Waals surface area (Å²) in [6.45, 7) is -0.000526. The third-order valence-electron chi connectivity index (χ3n) is 3.68. The van der Waals surface area contributed by atoms with E-state index in [9.17, 15) is 23.6 Å². The molecule has 2 rings (SSSR count). The number of hydrogen-bond acceptors (Lipinski definition) is 5. The molecule has 1 aromatic carbocycles. The first-order valence-electron chi connectivity index (χ1n) is 6.84. The summed E-state index contributed by atoms with van der Waals surface area (Å²) in [4.78, 5) is 10.0. The number of aliphatic hydroxyl groups is 1. The minimum absolute atomic E-state index is 0.277. The van der Waals surface area contributed by atoms with Gasteiger partial charge in [0.15, 0.2) is 4.90 Å². The van der Waals surface area contributed by atoms with Crippen LogP contribution in [0.15, 0.2) is 29.2 Å². The van der Waals surface area contributed by atoms with Gasteiger partial charge in [0.2, 0.25) is 10.0 Å². The predicted molar refractivity (Wildman–Crippen MR) is 76.3 cm³/mol. The number of aliphatic hydroxyl groups excluding tert-OH is 1. The van der Waals surface area contributed by atoms with Gasteiger partial charge >= 0.3 is 0 Å². The van der Waals surface area contributed by atoms with Crippen molar-refractivity contribution in [3.8, 4) is 0 Å². The van der Waals surface area contributed by atoms with Gasteiger partial charge in [-0.3, -0.25) is 10.1 Å². The Kier molecular flexibility index (Phi) is 4.92. The zero-order valence-corrected chi connectivity index (χ0v) is 12.3. The summed E-state index contributed by atoms with van der Waals surface area (Å²) in [6.07, 6.45) is 2.99. The smallest absolute Gasteiger partial charge is 0.289 e. The van der Waals surface area contributed by atoms with Gasteiger partial charge in [0.05, 0.1) is 11.5 Å². The van der Waals surface area contributed by atoms with Gasteiger partial charge in [0.25, 0.3) is 5.69 Å². The van der Waals surface area contributed by atoms with Crippen LogP contribution >= 0.6 is 0 Å². The molecule has 0 amide bonds. The van der Waals surface area contributed by atoms with Crippen LogP contribution in [0.4, 0.5) is 5.69 Å². The summed E-state index contributed by atoms with van der Waals surface area (Å²) in [6, 6.07) is 4.80. The van der Waals surface area contributed by atoms with Gasteiger partial charge < -0.3 is 5.11 Å². The fourth-order valence-electron chi connectivity index (χ4n) is 2.60. The van der Waals surface area contributed by atoms with E-state index < -0.39 is 26.7 Å². The molecule has 8 heteroatoms. The Hall–Kier alpha value is -1.51. The maximum absolute atomic E-state index is 12.7. The van der Waals surface area contributed by atoms with Crippen molar-refractivity contribution >= 4 is 15.7 Å². The van der Waals surface area contributed by atoms with Gasteiger partial charge in [0, 0.05) is 18.7 Å². The van der Waals surface area contributed by atoms with Crippen molar-refractivity contribution in [1.29, 1.82) is 0 Å². The first kappa shape index (κ1) is 15.9. The zero-order valence-electron chi connectivity index (χ0n) is 11.5. The van der Waals surface area contributed by atoms with Crippen molar-refractivity contribution in [2.75, 3.05) is 13.2 Å². The molecule has 1 N–H and O–H groups in total. The Labute approximate surface area is 123 Å². The topological polar surface area (TPSA) is 101 Å². The predicted octanol–water partition coefficient (Wildman–Crippen LogP) is 1.52. The lowest BCUT2D eigenvalue weighted by atomic mass is 10.1. The van der Waals surface area contributed by atoms with Crippen LogP contribution < -0.4 is 0 Å². The number of sulfonamides is 1.